The zero-order valence-electron chi connectivity index (χ0n) is 14.6. The van der Waals surface area contributed by atoms with E-state index in [4.69, 9.17) is 4.74 Å². The van der Waals surface area contributed by atoms with Crippen LogP contribution in [0.25, 0.3) is 0 Å². The molecule has 134 valence electrons. The Morgan fingerprint density at radius 2 is 1.89 bits per heavy atom. The van der Waals surface area contributed by atoms with Gasteiger partial charge < -0.3 is 15.4 Å². The van der Waals surface area contributed by atoms with Crippen molar-refractivity contribution in [1.82, 2.24) is 9.97 Å². The van der Waals surface area contributed by atoms with E-state index in [1.165, 1.54) is 6.33 Å². The van der Waals surface area contributed by atoms with Crippen molar-refractivity contribution in [3.8, 4) is 5.75 Å². The van der Waals surface area contributed by atoms with Crippen LogP contribution in [0.15, 0.2) is 59.9 Å². The van der Waals surface area contributed by atoms with Crippen LogP contribution in [0.2, 0.25) is 0 Å². The number of carbonyl (C=O) groups is 1. The number of amides is 1. The predicted octanol–water partition coefficient (Wildman–Crippen LogP) is 3.41. The summed E-state index contributed by atoms with van der Waals surface area (Å²) in [4.78, 5) is 24.9. The van der Waals surface area contributed by atoms with Crippen LogP contribution in [0.5, 0.6) is 5.75 Å². The minimum Gasteiger partial charge on any atom is -0.495 e. The van der Waals surface area contributed by atoms with Crippen LogP contribution < -0.4 is 15.4 Å². The molecule has 0 saturated heterocycles. The molecule has 2 aromatic carbocycles. The molecule has 0 saturated carbocycles. The highest BCUT2D eigenvalue weighted by Crippen LogP contribution is 2.32. The highest BCUT2D eigenvalue weighted by molar-refractivity contribution is 6.03. The number of rotatable bonds is 5. The molecule has 1 aliphatic rings. The van der Waals surface area contributed by atoms with E-state index >= 15 is 0 Å². The average molecular weight is 359 g/mol. The second-order valence-corrected chi connectivity index (χ2v) is 5.95. The summed E-state index contributed by atoms with van der Waals surface area (Å²) in [7, 11) is 1.62. The lowest BCUT2D eigenvalue weighted by Crippen LogP contribution is -2.13. The summed E-state index contributed by atoms with van der Waals surface area (Å²) in [5, 5.41) is 5.99. The molecule has 7 heteroatoms. The largest absolute Gasteiger partial charge is 0.495 e. The Bertz CT molecular complexity index is 1020. The van der Waals surface area contributed by atoms with Gasteiger partial charge >= 0.3 is 0 Å². The number of hydrogen-bond acceptors (Lipinski definition) is 6. The van der Waals surface area contributed by atoms with Crippen LogP contribution in [0.3, 0.4) is 0 Å². The Morgan fingerprint density at radius 3 is 2.70 bits per heavy atom. The van der Waals surface area contributed by atoms with Crippen LogP contribution in [0.1, 0.15) is 21.5 Å². The quantitative estimate of drug-likeness (QED) is 0.729. The molecule has 2 heterocycles. The molecule has 1 aromatic heterocycles. The summed E-state index contributed by atoms with van der Waals surface area (Å²) in [6, 6.07) is 14.6. The predicted molar refractivity (Wildman–Crippen MR) is 104 cm³/mol. The number of anilines is 3. The molecule has 0 fully saturated rings. The monoisotopic (exact) mass is 359 g/mol. The summed E-state index contributed by atoms with van der Waals surface area (Å²) < 4.78 is 5.46. The first-order valence-corrected chi connectivity index (χ1v) is 8.39. The number of carbonyl (C=O) groups excluding carboxylic acids is 1. The maximum absolute atomic E-state index is 12.3. The first-order chi connectivity index (χ1) is 13.2. The van der Waals surface area contributed by atoms with Gasteiger partial charge in [-0.2, -0.15) is 0 Å². The molecule has 27 heavy (non-hydrogen) atoms. The number of methoxy groups -OCH3 is 1. The van der Waals surface area contributed by atoms with Gasteiger partial charge in [0.25, 0.3) is 5.91 Å². The lowest BCUT2D eigenvalue weighted by atomic mass is 10.1. The minimum atomic E-state index is -0.230. The van der Waals surface area contributed by atoms with Crippen LogP contribution in [-0.4, -0.2) is 29.2 Å². The van der Waals surface area contributed by atoms with Crippen LogP contribution in [0, 0.1) is 0 Å². The van der Waals surface area contributed by atoms with E-state index in [-0.39, 0.29) is 5.91 Å². The molecule has 2 N–H and O–H groups in total. The Kier molecular flexibility index (Phi) is 4.49. The summed E-state index contributed by atoms with van der Waals surface area (Å²) in [6.45, 7) is 0.662. The van der Waals surface area contributed by atoms with E-state index in [0.29, 0.717) is 29.5 Å². The second kappa shape index (κ2) is 7.25. The van der Waals surface area contributed by atoms with E-state index in [9.17, 15) is 4.79 Å². The van der Waals surface area contributed by atoms with Gasteiger partial charge in [0.1, 0.15) is 23.7 Å². The Balaban J connectivity index is 1.55. The molecule has 4 rings (SSSR count). The molecule has 0 radical (unpaired) electrons. The van der Waals surface area contributed by atoms with Crippen molar-refractivity contribution in [2.45, 2.75) is 6.54 Å². The Morgan fingerprint density at radius 1 is 1.07 bits per heavy atom. The van der Waals surface area contributed by atoms with Crippen LogP contribution >= 0.6 is 0 Å². The minimum absolute atomic E-state index is 0.230. The van der Waals surface area contributed by atoms with Crippen molar-refractivity contribution in [3.05, 3.63) is 71.5 Å². The maximum Gasteiger partial charge on any atom is 0.256 e. The molecule has 7 nitrogen and oxygen atoms in total. The SMILES string of the molecule is COc1cc2c(cc1Nc1cc(NC(=O)c3ccccc3)ncn1)C=NC2. The number of nitrogens with zero attached hydrogens (tertiary/aromatic N) is 3. The van der Waals surface area contributed by atoms with Crippen molar-refractivity contribution >= 4 is 29.4 Å². The lowest BCUT2D eigenvalue weighted by molar-refractivity contribution is 0.102. The smallest absolute Gasteiger partial charge is 0.256 e. The summed E-state index contributed by atoms with van der Waals surface area (Å²) in [5.41, 5.74) is 3.50. The van der Waals surface area contributed by atoms with Gasteiger partial charge in [0, 0.05) is 17.8 Å². The van der Waals surface area contributed by atoms with Gasteiger partial charge in [0.05, 0.1) is 19.3 Å². The van der Waals surface area contributed by atoms with Gasteiger partial charge in [-0.25, -0.2) is 9.97 Å². The van der Waals surface area contributed by atoms with Gasteiger partial charge in [-0.05, 0) is 35.4 Å². The third kappa shape index (κ3) is 3.62. The number of aromatic nitrogens is 2. The second-order valence-electron chi connectivity index (χ2n) is 5.95. The fourth-order valence-corrected chi connectivity index (χ4v) is 2.81. The van der Waals surface area contributed by atoms with Crippen molar-refractivity contribution < 1.29 is 9.53 Å². The molecule has 0 spiro atoms. The molecule has 3 aromatic rings. The number of aliphatic imine (C=N–C) groups is 1. The molecule has 1 aliphatic heterocycles. The molecule has 1 amide bonds. The molecule has 0 atom stereocenters. The maximum atomic E-state index is 12.3. The van der Waals surface area contributed by atoms with Gasteiger partial charge in [-0.1, -0.05) is 18.2 Å². The number of ether oxygens (including phenoxy) is 1. The molecule has 0 bridgehead atoms. The van der Waals surface area contributed by atoms with E-state index < -0.39 is 0 Å². The lowest BCUT2D eigenvalue weighted by Gasteiger charge is -2.13. The zero-order chi connectivity index (χ0) is 18.6. The number of nitrogens with one attached hydrogen (secondary N) is 2. The van der Waals surface area contributed by atoms with E-state index in [1.54, 1.807) is 25.3 Å². The Hall–Kier alpha value is -3.74. The highest BCUT2D eigenvalue weighted by Gasteiger charge is 2.13. The normalized spacial score (nSPS) is 11.7. The van der Waals surface area contributed by atoms with Crippen molar-refractivity contribution in [1.29, 1.82) is 0 Å². The first kappa shape index (κ1) is 16.7. The summed E-state index contributed by atoms with van der Waals surface area (Å²) in [5.74, 6) is 1.42. The van der Waals surface area contributed by atoms with Gasteiger partial charge in [0.15, 0.2) is 0 Å². The zero-order valence-corrected chi connectivity index (χ0v) is 14.6. The molecule has 0 aliphatic carbocycles. The van der Waals surface area contributed by atoms with E-state index in [1.807, 2.05) is 36.5 Å². The Labute approximate surface area is 156 Å². The van der Waals surface area contributed by atoms with Crippen molar-refractivity contribution in [3.63, 3.8) is 0 Å². The number of fused-ring (bicyclic) bond motifs is 1. The number of benzene rings is 2. The van der Waals surface area contributed by atoms with Crippen LogP contribution in [-0.2, 0) is 6.54 Å². The highest BCUT2D eigenvalue weighted by atomic mass is 16.5. The molecule has 0 unspecified atom stereocenters. The fourth-order valence-electron chi connectivity index (χ4n) is 2.81. The average Bonchev–Trinajstić information content (AvgIpc) is 3.15. The summed E-state index contributed by atoms with van der Waals surface area (Å²) in [6.07, 6.45) is 3.23. The standard InChI is InChI=1S/C20H17N5O2/c1-27-17-8-15-11-21-10-14(15)7-16(17)24-18-9-19(23-12-22-18)25-20(26)13-5-3-2-4-6-13/h2-10,12H,11H2,1H3,(H2,22,23,24,25,26). The fraction of sp³-hybridized carbons (Fsp3) is 0.100. The van der Waals surface area contributed by atoms with Gasteiger partial charge in [0.2, 0.25) is 0 Å². The third-order valence-electron chi connectivity index (χ3n) is 4.16. The number of hydrogen-bond donors (Lipinski definition) is 2. The van der Waals surface area contributed by atoms with Gasteiger partial charge in [-0.15, -0.1) is 0 Å². The topological polar surface area (TPSA) is 88.5 Å². The molecular formula is C20H17N5O2. The first-order valence-electron chi connectivity index (χ1n) is 8.39. The van der Waals surface area contributed by atoms with E-state index in [0.717, 1.165) is 16.8 Å². The van der Waals surface area contributed by atoms with Gasteiger partial charge in [-0.3, -0.25) is 9.79 Å². The molecular weight excluding hydrogens is 342 g/mol. The van der Waals surface area contributed by atoms with Crippen LogP contribution in [0.4, 0.5) is 17.3 Å². The van der Waals surface area contributed by atoms with Crippen molar-refractivity contribution in [2.24, 2.45) is 4.99 Å². The van der Waals surface area contributed by atoms with E-state index in [2.05, 4.69) is 25.6 Å². The third-order valence-corrected chi connectivity index (χ3v) is 4.16. The van der Waals surface area contributed by atoms with Crippen molar-refractivity contribution in [2.75, 3.05) is 17.7 Å². The summed E-state index contributed by atoms with van der Waals surface area (Å²) >= 11 is 0.